The van der Waals surface area contributed by atoms with Crippen LogP contribution in [0.25, 0.3) is 0 Å². The Balaban J connectivity index is 0.00000441. The van der Waals surface area contributed by atoms with Gasteiger partial charge in [-0.25, -0.2) is 4.98 Å². The number of rotatable bonds is 8. The Bertz CT molecular complexity index is 431. The van der Waals surface area contributed by atoms with Crippen LogP contribution in [0, 0.1) is 6.92 Å². The molecule has 0 aliphatic rings. The molecule has 1 rings (SSSR count). The van der Waals surface area contributed by atoms with Crippen molar-refractivity contribution in [3.8, 4) is 0 Å². The zero-order valence-electron chi connectivity index (χ0n) is 14.3. The van der Waals surface area contributed by atoms with Gasteiger partial charge in [-0.05, 0) is 26.9 Å². The average Bonchev–Trinajstić information content (AvgIpc) is 2.89. The van der Waals surface area contributed by atoms with E-state index < -0.39 is 0 Å². The number of nitrogens with zero attached hydrogens (tertiary/aromatic N) is 3. The number of aryl methyl sites for hydroxylation is 1. The number of hydrogen-bond donors (Lipinski definition) is 2. The molecule has 0 fully saturated rings. The molecule has 0 aliphatic carbocycles. The van der Waals surface area contributed by atoms with Crippen molar-refractivity contribution in [1.82, 2.24) is 20.5 Å². The predicted molar refractivity (Wildman–Crippen MR) is 108 cm³/mol. The summed E-state index contributed by atoms with van der Waals surface area (Å²) in [6.07, 6.45) is 0.927. The number of likely N-dealkylation sites (N-methyl/N-ethyl adjacent to an activating group) is 1. The van der Waals surface area contributed by atoms with Gasteiger partial charge in [0.1, 0.15) is 0 Å². The zero-order chi connectivity index (χ0) is 15.7. The van der Waals surface area contributed by atoms with Gasteiger partial charge in [0.15, 0.2) is 5.96 Å². The van der Waals surface area contributed by atoms with Crippen molar-refractivity contribution in [2.75, 3.05) is 33.2 Å². The minimum Gasteiger partial charge on any atom is -0.356 e. The number of aromatic nitrogens is 1. The molecule has 0 spiro atoms. The fourth-order valence-corrected chi connectivity index (χ4v) is 2.92. The van der Waals surface area contributed by atoms with E-state index in [1.807, 2.05) is 14.0 Å². The zero-order valence-corrected chi connectivity index (χ0v) is 17.5. The molecule has 22 heavy (non-hydrogen) atoms. The maximum atomic E-state index is 4.46. The van der Waals surface area contributed by atoms with Gasteiger partial charge in [0.2, 0.25) is 0 Å². The highest BCUT2D eigenvalue weighted by Gasteiger charge is 2.10. The van der Waals surface area contributed by atoms with E-state index in [0.29, 0.717) is 6.04 Å². The van der Waals surface area contributed by atoms with Crippen LogP contribution >= 0.6 is 35.3 Å². The largest absolute Gasteiger partial charge is 0.356 e. The quantitative estimate of drug-likeness (QED) is 0.371. The summed E-state index contributed by atoms with van der Waals surface area (Å²) in [5, 5.41) is 9.98. The van der Waals surface area contributed by atoms with Crippen molar-refractivity contribution in [2.45, 2.75) is 40.2 Å². The molecule has 7 heteroatoms. The van der Waals surface area contributed by atoms with Crippen LogP contribution in [0.3, 0.4) is 0 Å². The summed E-state index contributed by atoms with van der Waals surface area (Å²) in [7, 11) is 1.81. The Labute approximate surface area is 156 Å². The second-order valence-corrected chi connectivity index (χ2v) is 6.12. The number of hydrogen-bond acceptors (Lipinski definition) is 4. The molecule has 1 heterocycles. The maximum absolute atomic E-state index is 4.46. The van der Waals surface area contributed by atoms with Gasteiger partial charge in [0, 0.05) is 38.0 Å². The molecule has 5 nitrogen and oxygen atoms in total. The predicted octanol–water partition coefficient (Wildman–Crippen LogP) is 2.51. The molecule has 2 N–H and O–H groups in total. The first-order chi connectivity index (χ1) is 10.1. The summed E-state index contributed by atoms with van der Waals surface area (Å²) < 4.78 is 0. The first-order valence-electron chi connectivity index (χ1n) is 7.70. The van der Waals surface area contributed by atoms with E-state index in [4.69, 9.17) is 0 Å². The average molecular weight is 439 g/mol. The molecule has 1 aromatic heterocycles. The molecule has 0 aromatic carbocycles. The highest BCUT2D eigenvalue weighted by molar-refractivity contribution is 14.0. The third-order valence-electron chi connectivity index (χ3n) is 3.56. The number of guanidine groups is 1. The number of thiazole rings is 1. The highest BCUT2D eigenvalue weighted by Crippen LogP contribution is 2.07. The Morgan fingerprint density at radius 2 is 2.05 bits per heavy atom. The summed E-state index contributed by atoms with van der Waals surface area (Å²) in [5.74, 6) is 0.862. The Morgan fingerprint density at radius 3 is 2.55 bits per heavy atom. The topological polar surface area (TPSA) is 52.5 Å². The number of nitrogens with one attached hydrogen (secondary N) is 2. The molecule has 0 saturated carbocycles. The van der Waals surface area contributed by atoms with Gasteiger partial charge in [-0.3, -0.25) is 9.89 Å². The van der Waals surface area contributed by atoms with E-state index in [-0.39, 0.29) is 24.0 Å². The summed E-state index contributed by atoms with van der Waals surface area (Å²) in [5.41, 5.74) is 1.15. The van der Waals surface area contributed by atoms with Crippen molar-refractivity contribution in [3.63, 3.8) is 0 Å². The van der Waals surface area contributed by atoms with Crippen LogP contribution in [0.2, 0.25) is 0 Å². The molecule has 0 amide bonds. The Morgan fingerprint density at radius 1 is 1.36 bits per heavy atom. The lowest BCUT2D eigenvalue weighted by Gasteiger charge is -2.27. The fraction of sp³-hybridized carbons (Fsp3) is 0.733. The molecule has 128 valence electrons. The molecular formula is C15H30IN5S. The lowest BCUT2D eigenvalue weighted by atomic mass is 10.3. The van der Waals surface area contributed by atoms with Crippen molar-refractivity contribution >= 4 is 41.3 Å². The minimum absolute atomic E-state index is 0. The first kappa shape index (κ1) is 21.6. The van der Waals surface area contributed by atoms with E-state index in [1.165, 1.54) is 0 Å². The van der Waals surface area contributed by atoms with Crippen LogP contribution in [0.15, 0.2) is 10.4 Å². The van der Waals surface area contributed by atoms with Gasteiger partial charge in [0.25, 0.3) is 0 Å². The van der Waals surface area contributed by atoms with E-state index in [2.05, 4.69) is 51.7 Å². The van der Waals surface area contributed by atoms with Gasteiger partial charge in [-0.15, -0.1) is 35.3 Å². The van der Waals surface area contributed by atoms with Crippen LogP contribution in [0.4, 0.5) is 0 Å². The molecule has 1 atom stereocenters. The minimum atomic E-state index is 0. The second kappa shape index (κ2) is 12.1. The highest BCUT2D eigenvalue weighted by atomic mass is 127. The van der Waals surface area contributed by atoms with E-state index in [0.717, 1.165) is 49.3 Å². The van der Waals surface area contributed by atoms with E-state index in [1.54, 1.807) is 11.3 Å². The third kappa shape index (κ3) is 7.73. The summed E-state index contributed by atoms with van der Waals surface area (Å²) >= 11 is 1.70. The lowest BCUT2D eigenvalue weighted by Crippen LogP contribution is -2.46. The van der Waals surface area contributed by atoms with Crippen LogP contribution in [-0.2, 0) is 6.42 Å². The van der Waals surface area contributed by atoms with Crippen molar-refractivity contribution < 1.29 is 0 Å². The second-order valence-electron chi connectivity index (χ2n) is 5.06. The van der Waals surface area contributed by atoms with Crippen LogP contribution < -0.4 is 10.6 Å². The fourth-order valence-electron chi connectivity index (χ4n) is 2.27. The smallest absolute Gasteiger partial charge is 0.191 e. The van der Waals surface area contributed by atoms with Gasteiger partial charge in [-0.1, -0.05) is 13.8 Å². The van der Waals surface area contributed by atoms with Crippen LogP contribution in [0.5, 0.6) is 0 Å². The molecule has 1 unspecified atom stereocenters. The van der Waals surface area contributed by atoms with Gasteiger partial charge < -0.3 is 10.6 Å². The Kier molecular flexibility index (Phi) is 11.8. The normalized spacial score (nSPS) is 12.9. The lowest BCUT2D eigenvalue weighted by molar-refractivity contribution is 0.231. The van der Waals surface area contributed by atoms with Crippen molar-refractivity contribution in [1.29, 1.82) is 0 Å². The van der Waals surface area contributed by atoms with Crippen molar-refractivity contribution in [2.24, 2.45) is 4.99 Å². The first-order valence-corrected chi connectivity index (χ1v) is 8.58. The molecule has 1 aromatic rings. The number of halogens is 1. The summed E-state index contributed by atoms with van der Waals surface area (Å²) in [4.78, 5) is 11.2. The SMILES string of the molecule is CCN(CC)C(C)CNC(=NC)NCCc1csc(C)n1.I. The molecule has 0 bridgehead atoms. The molecular weight excluding hydrogens is 409 g/mol. The molecule has 0 radical (unpaired) electrons. The Hall–Kier alpha value is -0.410. The molecule has 0 aliphatic heterocycles. The standard InChI is InChI=1S/C15H29N5S.HI/c1-6-20(7-2)12(3)10-18-15(16-5)17-9-8-14-11-21-13(4)19-14;/h11-12H,6-10H2,1-5H3,(H2,16,17,18);1H. The van der Waals surface area contributed by atoms with Gasteiger partial charge >= 0.3 is 0 Å². The van der Waals surface area contributed by atoms with Gasteiger partial charge in [0.05, 0.1) is 10.7 Å². The monoisotopic (exact) mass is 439 g/mol. The summed E-state index contributed by atoms with van der Waals surface area (Å²) in [6, 6.07) is 0.500. The molecule has 0 saturated heterocycles. The van der Waals surface area contributed by atoms with Crippen molar-refractivity contribution in [3.05, 3.63) is 16.1 Å². The number of aliphatic imine (C=N–C) groups is 1. The van der Waals surface area contributed by atoms with Crippen LogP contribution in [-0.4, -0.2) is 55.1 Å². The van der Waals surface area contributed by atoms with E-state index in [9.17, 15) is 0 Å². The maximum Gasteiger partial charge on any atom is 0.191 e. The summed E-state index contributed by atoms with van der Waals surface area (Å²) in [6.45, 7) is 12.6. The van der Waals surface area contributed by atoms with Gasteiger partial charge in [-0.2, -0.15) is 0 Å². The van der Waals surface area contributed by atoms with E-state index >= 15 is 0 Å². The third-order valence-corrected chi connectivity index (χ3v) is 4.39. The van der Waals surface area contributed by atoms with Crippen LogP contribution in [0.1, 0.15) is 31.5 Å².